The number of ether oxygens (including phenoxy) is 1. The summed E-state index contributed by atoms with van der Waals surface area (Å²) < 4.78 is 25.9. The molecule has 1 aliphatic heterocycles. The van der Waals surface area contributed by atoms with Gasteiger partial charge in [0.25, 0.3) is 5.91 Å². The molecule has 3 aromatic rings. The van der Waals surface area contributed by atoms with Gasteiger partial charge in [-0.25, -0.2) is 4.39 Å². The van der Waals surface area contributed by atoms with Crippen molar-refractivity contribution >= 4 is 16.9 Å². The van der Waals surface area contributed by atoms with E-state index in [2.05, 4.69) is 0 Å². The average molecular weight is 381 g/mol. The van der Waals surface area contributed by atoms with Crippen LogP contribution in [0.25, 0.3) is 11.0 Å². The molecule has 0 bridgehead atoms. The summed E-state index contributed by atoms with van der Waals surface area (Å²) in [5, 5.41) is 0.928. The van der Waals surface area contributed by atoms with Gasteiger partial charge in [-0.2, -0.15) is 0 Å². The number of furan rings is 1. The van der Waals surface area contributed by atoms with Crippen LogP contribution in [0.4, 0.5) is 4.39 Å². The van der Waals surface area contributed by atoms with Gasteiger partial charge in [0.15, 0.2) is 5.76 Å². The molecule has 1 amide bonds. The molecule has 4 rings (SSSR count). The summed E-state index contributed by atoms with van der Waals surface area (Å²) in [4.78, 5) is 15.0. The van der Waals surface area contributed by atoms with Crippen LogP contribution < -0.4 is 0 Å². The summed E-state index contributed by atoms with van der Waals surface area (Å²) in [6.07, 6.45) is 1.86. The number of amides is 1. The Morgan fingerprint density at radius 3 is 2.79 bits per heavy atom. The van der Waals surface area contributed by atoms with Crippen LogP contribution in [0.15, 0.2) is 46.9 Å². The Morgan fingerprint density at radius 2 is 2.04 bits per heavy atom. The summed E-state index contributed by atoms with van der Waals surface area (Å²) in [7, 11) is 0. The fraction of sp³-hybridized carbons (Fsp3) is 0.348. The van der Waals surface area contributed by atoms with Crippen LogP contribution in [0.3, 0.4) is 0 Å². The van der Waals surface area contributed by atoms with Crippen molar-refractivity contribution in [3.63, 3.8) is 0 Å². The molecule has 1 aromatic heterocycles. The largest absolute Gasteiger partial charge is 0.451 e. The third-order valence-corrected chi connectivity index (χ3v) is 5.34. The minimum absolute atomic E-state index is 0.0253. The van der Waals surface area contributed by atoms with E-state index >= 15 is 0 Å². The van der Waals surface area contributed by atoms with Gasteiger partial charge in [0.1, 0.15) is 11.4 Å². The van der Waals surface area contributed by atoms with Crippen LogP contribution in [0, 0.1) is 19.7 Å². The number of benzene rings is 2. The zero-order chi connectivity index (χ0) is 19.7. The number of nitrogens with zero attached hydrogens (tertiary/aromatic N) is 1. The lowest BCUT2D eigenvalue weighted by atomic mass is 10.1. The molecule has 1 atom stereocenters. The number of hydrogen-bond acceptors (Lipinski definition) is 3. The maximum absolute atomic E-state index is 14.2. The van der Waals surface area contributed by atoms with Crippen LogP contribution >= 0.6 is 0 Å². The van der Waals surface area contributed by atoms with Crippen molar-refractivity contribution in [3.05, 3.63) is 70.7 Å². The summed E-state index contributed by atoms with van der Waals surface area (Å²) in [6, 6.07) is 12.5. The van der Waals surface area contributed by atoms with Crippen molar-refractivity contribution < 1.29 is 18.3 Å². The molecule has 4 nitrogen and oxygen atoms in total. The maximum Gasteiger partial charge on any atom is 0.290 e. The van der Waals surface area contributed by atoms with Gasteiger partial charge >= 0.3 is 0 Å². The molecular weight excluding hydrogens is 357 g/mol. The lowest BCUT2D eigenvalue weighted by molar-refractivity contribution is 0.0482. The molecular formula is C23H24FNO3. The number of fused-ring (bicyclic) bond motifs is 1. The lowest BCUT2D eigenvalue weighted by Crippen LogP contribution is -2.37. The van der Waals surface area contributed by atoms with Gasteiger partial charge in [-0.1, -0.05) is 30.3 Å². The Labute approximate surface area is 163 Å². The summed E-state index contributed by atoms with van der Waals surface area (Å²) in [5.41, 5.74) is 3.07. The molecule has 0 radical (unpaired) electrons. The summed E-state index contributed by atoms with van der Waals surface area (Å²) in [5.74, 6) is -0.232. The summed E-state index contributed by atoms with van der Waals surface area (Å²) in [6.45, 7) is 5.18. The zero-order valence-corrected chi connectivity index (χ0v) is 16.2. The average Bonchev–Trinajstić information content (AvgIpc) is 3.30. The number of carbonyl (C=O) groups is 1. The molecule has 0 saturated carbocycles. The van der Waals surface area contributed by atoms with E-state index in [0.29, 0.717) is 30.1 Å². The van der Waals surface area contributed by atoms with Gasteiger partial charge in [-0.3, -0.25) is 4.79 Å². The van der Waals surface area contributed by atoms with E-state index in [-0.39, 0.29) is 24.4 Å². The van der Waals surface area contributed by atoms with Crippen LogP contribution in [0.2, 0.25) is 0 Å². The normalized spacial score (nSPS) is 16.6. The molecule has 1 aliphatic rings. The molecule has 146 valence electrons. The quantitative estimate of drug-likeness (QED) is 0.624. The zero-order valence-electron chi connectivity index (χ0n) is 16.2. The first kappa shape index (κ1) is 18.7. The van der Waals surface area contributed by atoms with E-state index in [1.807, 2.05) is 32.0 Å². The highest BCUT2D eigenvalue weighted by molar-refractivity contribution is 5.99. The first-order chi connectivity index (χ1) is 13.5. The highest BCUT2D eigenvalue weighted by Gasteiger charge is 2.28. The minimum Gasteiger partial charge on any atom is -0.451 e. The molecule has 5 heteroatoms. The number of aryl methyl sites for hydroxylation is 2. The van der Waals surface area contributed by atoms with E-state index in [4.69, 9.17) is 9.15 Å². The van der Waals surface area contributed by atoms with Gasteiger partial charge in [0.05, 0.1) is 6.10 Å². The number of halogens is 1. The van der Waals surface area contributed by atoms with Crippen LogP contribution in [-0.4, -0.2) is 30.1 Å². The maximum atomic E-state index is 14.2. The fourth-order valence-corrected chi connectivity index (χ4v) is 3.77. The molecule has 1 fully saturated rings. The van der Waals surface area contributed by atoms with E-state index in [0.717, 1.165) is 29.4 Å². The van der Waals surface area contributed by atoms with Crippen LogP contribution in [0.5, 0.6) is 0 Å². The van der Waals surface area contributed by atoms with Gasteiger partial charge in [0, 0.05) is 36.2 Å². The third kappa shape index (κ3) is 3.67. The topological polar surface area (TPSA) is 42.7 Å². The van der Waals surface area contributed by atoms with Crippen LogP contribution in [-0.2, 0) is 11.3 Å². The van der Waals surface area contributed by atoms with E-state index in [1.54, 1.807) is 23.1 Å². The molecule has 0 aliphatic carbocycles. The Morgan fingerprint density at radius 1 is 1.21 bits per heavy atom. The van der Waals surface area contributed by atoms with Gasteiger partial charge in [-0.15, -0.1) is 0 Å². The highest BCUT2D eigenvalue weighted by atomic mass is 19.1. The second-order valence-corrected chi connectivity index (χ2v) is 7.47. The Hall–Kier alpha value is -2.66. The van der Waals surface area contributed by atoms with Crippen molar-refractivity contribution in [1.82, 2.24) is 4.90 Å². The molecule has 1 saturated heterocycles. The first-order valence-corrected chi connectivity index (χ1v) is 9.67. The van der Waals surface area contributed by atoms with E-state index in [1.165, 1.54) is 6.07 Å². The first-order valence-electron chi connectivity index (χ1n) is 9.67. The predicted molar refractivity (Wildman–Crippen MR) is 106 cm³/mol. The highest BCUT2D eigenvalue weighted by Crippen LogP contribution is 2.28. The van der Waals surface area contributed by atoms with Crippen molar-refractivity contribution in [3.8, 4) is 0 Å². The number of carbonyl (C=O) groups excluding carboxylic acids is 1. The van der Waals surface area contributed by atoms with Crippen molar-refractivity contribution in [1.29, 1.82) is 0 Å². The third-order valence-electron chi connectivity index (χ3n) is 5.34. The van der Waals surface area contributed by atoms with Crippen molar-refractivity contribution in [2.75, 3.05) is 13.2 Å². The van der Waals surface area contributed by atoms with Gasteiger partial charge in [0.2, 0.25) is 0 Å². The van der Waals surface area contributed by atoms with Crippen molar-refractivity contribution in [2.24, 2.45) is 0 Å². The summed E-state index contributed by atoms with van der Waals surface area (Å²) >= 11 is 0. The minimum atomic E-state index is -0.315. The Bertz CT molecular complexity index is 1000. The Balaban J connectivity index is 1.67. The van der Waals surface area contributed by atoms with Gasteiger partial charge < -0.3 is 14.1 Å². The smallest absolute Gasteiger partial charge is 0.290 e. The Kier molecular flexibility index (Phi) is 5.18. The second kappa shape index (κ2) is 7.76. The second-order valence-electron chi connectivity index (χ2n) is 7.47. The molecule has 28 heavy (non-hydrogen) atoms. The van der Waals surface area contributed by atoms with E-state index < -0.39 is 0 Å². The van der Waals surface area contributed by atoms with Gasteiger partial charge in [-0.05, 0) is 44.4 Å². The molecule has 0 N–H and O–H groups in total. The molecule has 0 spiro atoms. The lowest BCUT2D eigenvalue weighted by Gasteiger charge is -2.25. The number of rotatable bonds is 5. The van der Waals surface area contributed by atoms with Crippen molar-refractivity contribution in [2.45, 2.75) is 39.3 Å². The standard InChI is InChI=1S/C23H24FNO3/c1-15-9-10-19-16(2)22(28-21(19)12-15)23(26)25(14-18-7-5-11-27-18)13-17-6-3-4-8-20(17)24/h3-4,6,8-10,12,18H,5,7,11,13-14H2,1-2H3. The monoisotopic (exact) mass is 381 g/mol. The number of hydrogen-bond donors (Lipinski definition) is 0. The van der Waals surface area contributed by atoms with Crippen LogP contribution in [0.1, 0.15) is 40.1 Å². The molecule has 2 heterocycles. The predicted octanol–water partition coefficient (Wildman–Crippen LogP) is 5.01. The fourth-order valence-electron chi connectivity index (χ4n) is 3.77. The van der Waals surface area contributed by atoms with E-state index in [9.17, 15) is 9.18 Å². The molecule has 2 aromatic carbocycles. The molecule has 1 unspecified atom stereocenters. The SMILES string of the molecule is Cc1ccc2c(C)c(C(=O)N(Cc3ccccc3F)CC3CCCO3)oc2c1.